The first kappa shape index (κ1) is 36.8. The highest BCUT2D eigenvalue weighted by Gasteiger charge is 2.21. The van der Waals surface area contributed by atoms with Crippen LogP contribution in [0, 0.1) is 0 Å². The van der Waals surface area contributed by atoms with E-state index >= 15 is 0 Å². The van der Waals surface area contributed by atoms with E-state index in [-0.39, 0.29) is 0 Å². The van der Waals surface area contributed by atoms with Gasteiger partial charge < -0.3 is 9.47 Å². The minimum Gasteiger partial charge on any atom is -0.310 e. The molecular formula is C60H40N2S. The molecule has 2 aromatic heterocycles. The summed E-state index contributed by atoms with van der Waals surface area (Å²) < 4.78 is 5.09. The Bertz CT molecular complexity index is 3600. The van der Waals surface area contributed by atoms with Gasteiger partial charge in [-0.1, -0.05) is 182 Å². The molecule has 0 atom stereocenters. The Morgan fingerprint density at radius 2 is 0.857 bits per heavy atom. The van der Waals surface area contributed by atoms with E-state index < -0.39 is 0 Å². The van der Waals surface area contributed by atoms with Crippen molar-refractivity contribution >= 4 is 70.4 Å². The molecule has 0 fully saturated rings. The molecule has 2 nitrogen and oxygen atoms in total. The lowest BCUT2D eigenvalue weighted by atomic mass is 9.97. The van der Waals surface area contributed by atoms with Crippen LogP contribution in [0.2, 0.25) is 0 Å². The normalized spacial score (nSPS) is 11.5. The monoisotopic (exact) mass is 820 g/mol. The molecule has 0 N–H and O–H groups in total. The van der Waals surface area contributed by atoms with Gasteiger partial charge in [0.05, 0.1) is 22.4 Å². The molecule has 0 aliphatic rings. The van der Waals surface area contributed by atoms with Gasteiger partial charge in [-0.05, 0) is 99.6 Å². The quantitative estimate of drug-likeness (QED) is 0.148. The average Bonchev–Trinajstić information content (AvgIpc) is 3.92. The van der Waals surface area contributed by atoms with Crippen molar-refractivity contribution in [3.8, 4) is 50.2 Å². The molecule has 63 heavy (non-hydrogen) atoms. The molecule has 0 spiro atoms. The van der Waals surface area contributed by atoms with Crippen LogP contribution < -0.4 is 4.90 Å². The number of anilines is 3. The molecule has 0 amide bonds. The highest BCUT2D eigenvalue weighted by molar-refractivity contribution is 7.25. The van der Waals surface area contributed by atoms with Gasteiger partial charge in [0, 0.05) is 47.9 Å². The minimum absolute atomic E-state index is 1.09. The van der Waals surface area contributed by atoms with Gasteiger partial charge in [0.1, 0.15) is 0 Å². The van der Waals surface area contributed by atoms with Crippen molar-refractivity contribution in [2.75, 3.05) is 4.90 Å². The Balaban J connectivity index is 1.01. The fourth-order valence-electron chi connectivity index (χ4n) is 9.52. The smallest absolute Gasteiger partial charge is 0.0555 e. The molecule has 296 valence electrons. The van der Waals surface area contributed by atoms with Crippen LogP contribution >= 0.6 is 11.3 Å². The summed E-state index contributed by atoms with van der Waals surface area (Å²) >= 11 is 1.87. The van der Waals surface area contributed by atoms with Crippen molar-refractivity contribution < 1.29 is 0 Å². The number of hydrogen-bond donors (Lipinski definition) is 0. The third-order valence-corrected chi connectivity index (χ3v) is 13.6. The first-order valence-corrected chi connectivity index (χ1v) is 22.3. The van der Waals surface area contributed by atoms with Gasteiger partial charge in [0.25, 0.3) is 0 Å². The number of hydrogen-bond acceptors (Lipinski definition) is 2. The highest BCUT2D eigenvalue weighted by atomic mass is 32.1. The fraction of sp³-hybridized carbons (Fsp3) is 0. The summed E-state index contributed by atoms with van der Waals surface area (Å²) in [6.07, 6.45) is 0. The summed E-state index contributed by atoms with van der Waals surface area (Å²) in [5, 5.41) is 5.09. The van der Waals surface area contributed by atoms with Gasteiger partial charge in [-0.2, -0.15) is 0 Å². The highest BCUT2D eigenvalue weighted by Crippen LogP contribution is 2.46. The predicted molar refractivity (Wildman–Crippen MR) is 270 cm³/mol. The first-order chi connectivity index (χ1) is 31.3. The lowest BCUT2D eigenvalue weighted by molar-refractivity contribution is 1.20. The van der Waals surface area contributed by atoms with Gasteiger partial charge in [-0.25, -0.2) is 0 Å². The molecule has 0 aliphatic heterocycles. The zero-order valence-corrected chi connectivity index (χ0v) is 35.2. The van der Waals surface area contributed by atoms with Crippen LogP contribution in [0.25, 0.3) is 92.2 Å². The van der Waals surface area contributed by atoms with Crippen LogP contribution in [0.1, 0.15) is 0 Å². The predicted octanol–water partition coefficient (Wildman–Crippen LogP) is 17.3. The van der Waals surface area contributed by atoms with Crippen LogP contribution in [0.3, 0.4) is 0 Å². The minimum atomic E-state index is 1.09. The van der Waals surface area contributed by atoms with Gasteiger partial charge in [0.15, 0.2) is 0 Å². The Kier molecular flexibility index (Phi) is 9.06. The molecule has 12 aromatic rings. The topological polar surface area (TPSA) is 8.17 Å². The van der Waals surface area contributed by atoms with Crippen molar-refractivity contribution in [1.82, 2.24) is 4.57 Å². The summed E-state index contributed by atoms with van der Waals surface area (Å²) in [6.45, 7) is 0. The Morgan fingerprint density at radius 1 is 0.317 bits per heavy atom. The molecule has 0 aliphatic carbocycles. The van der Waals surface area contributed by atoms with Gasteiger partial charge >= 0.3 is 0 Å². The van der Waals surface area contributed by atoms with Crippen molar-refractivity contribution in [1.29, 1.82) is 0 Å². The molecule has 10 aromatic carbocycles. The summed E-state index contributed by atoms with van der Waals surface area (Å²) in [5.74, 6) is 0. The van der Waals surface area contributed by atoms with E-state index in [2.05, 4.69) is 252 Å². The van der Waals surface area contributed by atoms with Crippen LogP contribution in [0.5, 0.6) is 0 Å². The number of aromatic nitrogens is 1. The first-order valence-electron chi connectivity index (χ1n) is 21.5. The summed E-state index contributed by atoms with van der Waals surface area (Å²) in [7, 11) is 0. The number of benzene rings is 10. The zero-order chi connectivity index (χ0) is 41.7. The molecular weight excluding hydrogens is 781 g/mol. The Labute approximate surface area is 370 Å². The van der Waals surface area contributed by atoms with Crippen LogP contribution in [-0.2, 0) is 0 Å². The Hall–Kier alpha value is -7.98. The second-order valence-electron chi connectivity index (χ2n) is 16.1. The maximum Gasteiger partial charge on any atom is 0.0555 e. The lowest BCUT2D eigenvalue weighted by Crippen LogP contribution is -2.11. The molecule has 0 unspecified atom stereocenters. The second-order valence-corrected chi connectivity index (χ2v) is 17.1. The summed E-state index contributed by atoms with van der Waals surface area (Å²) in [4.78, 5) is 2.42. The van der Waals surface area contributed by atoms with E-state index in [1.165, 1.54) is 86.6 Å². The largest absolute Gasteiger partial charge is 0.310 e. The Morgan fingerprint density at radius 3 is 1.63 bits per heavy atom. The molecule has 3 heteroatoms. The summed E-state index contributed by atoms with van der Waals surface area (Å²) in [6, 6.07) is 88.3. The number of nitrogens with zero attached hydrogens (tertiary/aromatic N) is 2. The molecule has 0 saturated heterocycles. The third kappa shape index (κ3) is 6.41. The molecule has 2 heterocycles. The van der Waals surface area contributed by atoms with Gasteiger partial charge in [0.2, 0.25) is 0 Å². The number of rotatable bonds is 8. The van der Waals surface area contributed by atoms with Crippen molar-refractivity contribution in [3.63, 3.8) is 0 Å². The van der Waals surface area contributed by atoms with Crippen molar-refractivity contribution in [2.24, 2.45) is 0 Å². The number of thiophene rings is 1. The molecule has 0 bridgehead atoms. The molecule has 0 radical (unpaired) electrons. The van der Waals surface area contributed by atoms with Gasteiger partial charge in [-0.3, -0.25) is 0 Å². The SMILES string of the molecule is c1ccc(-c2ccc(-c3ccc(N(c4cccc(-c5cccc6c5c5ccccc5n6-c5cccc6sc7ccccc7c56)c4)c4ccccc4-c4ccccc4)cc3)cc2)cc1. The van der Waals surface area contributed by atoms with Crippen LogP contribution in [-0.4, -0.2) is 4.57 Å². The molecule has 0 saturated carbocycles. The number of para-hydroxylation sites is 2. The standard InChI is InChI=1S/C60H40N2S/c1-3-16-41(17-4-1)42-32-34-43(35-33-42)44-36-38-47(39-37-44)61(53-26-10-7-22-49(53)45-18-5-2-6-19-45)48-21-13-20-46(40-48)50-25-14-28-55-59(50)51-23-8-11-27-54(51)62(55)56-29-15-31-58-60(56)52-24-9-12-30-57(52)63-58/h1-40H. The fourth-order valence-corrected chi connectivity index (χ4v) is 10.6. The second kappa shape index (κ2) is 15.5. The van der Waals surface area contributed by atoms with E-state index in [0.717, 1.165) is 22.6 Å². The van der Waals surface area contributed by atoms with Crippen molar-refractivity contribution in [2.45, 2.75) is 0 Å². The van der Waals surface area contributed by atoms with E-state index in [9.17, 15) is 0 Å². The van der Waals surface area contributed by atoms with Crippen molar-refractivity contribution in [3.05, 3.63) is 243 Å². The van der Waals surface area contributed by atoms with E-state index in [1.807, 2.05) is 11.3 Å². The van der Waals surface area contributed by atoms with E-state index in [0.29, 0.717) is 0 Å². The van der Waals surface area contributed by atoms with E-state index in [1.54, 1.807) is 0 Å². The average molecular weight is 821 g/mol. The zero-order valence-electron chi connectivity index (χ0n) is 34.4. The molecule has 12 rings (SSSR count). The number of fused-ring (bicyclic) bond motifs is 6. The summed E-state index contributed by atoms with van der Waals surface area (Å²) in [5.41, 5.74) is 16.4. The van der Waals surface area contributed by atoms with Crippen LogP contribution in [0.4, 0.5) is 17.1 Å². The van der Waals surface area contributed by atoms with Crippen LogP contribution in [0.15, 0.2) is 243 Å². The lowest BCUT2D eigenvalue weighted by Gasteiger charge is -2.28. The van der Waals surface area contributed by atoms with E-state index in [4.69, 9.17) is 0 Å². The maximum atomic E-state index is 2.48. The maximum absolute atomic E-state index is 2.48. The van der Waals surface area contributed by atoms with Gasteiger partial charge in [-0.15, -0.1) is 11.3 Å². The third-order valence-electron chi connectivity index (χ3n) is 12.4.